The van der Waals surface area contributed by atoms with Crippen molar-refractivity contribution in [2.75, 3.05) is 0 Å². The van der Waals surface area contributed by atoms with E-state index >= 15 is 0 Å². The van der Waals surface area contributed by atoms with E-state index in [0.717, 1.165) is 0 Å². The van der Waals surface area contributed by atoms with Crippen LogP contribution in [0.1, 0.15) is 32.8 Å². The molecule has 1 N–H and O–H groups in total. The number of alkyl halides is 3. The maximum Gasteiger partial charge on any atom is 0.573 e. The second-order valence-corrected chi connectivity index (χ2v) is 5.62. The predicted molar refractivity (Wildman–Crippen MR) is 66.9 cm³/mol. The summed E-state index contributed by atoms with van der Waals surface area (Å²) in [5, 5.41) is 9.89. The van der Waals surface area contributed by atoms with Gasteiger partial charge >= 0.3 is 6.36 Å². The molecule has 1 atom stereocenters. The van der Waals surface area contributed by atoms with Gasteiger partial charge in [0.2, 0.25) is 0 Å². The van der Waals surface area contributed by atoms with E-state index in [1.807, 2.05) is 20.8 Å². The van der Waals surface area contributed by atoms with Crippen LogP contribution in [0.4, 0.5) is 13.2 Å². The van der Waals surface area contributed by atoms with Crippen LogP contribution in [0.2, 0.25) is 0 Å². The Morgan fingerprint density at radius 2 is 1.84 bits per heavy atom. The molecule has 1 aromatic rings. The number of hydrogen-bond donors (Lipinski definition) is 1. The van der Waals surface area contributed by atoms with Gasteiger partial charge in [0, 0.05) is 0 Å². The smallest absolute Gasteiger partial charge is 0.406 e. The van der Waals surface area contributed by atoms with E-state index in [1.54, 1.807) is 6.07 Å². The minimum atomic E-state index is -4.68. The van der Waals surface area contributed by atoms with Crippen LogP contribution in [0.25, 0.3) is 0 Å². The third-order valence-corrected chi connectivity index (χ3v) is 2.84. The van der Waals surface area contributed by atoms with Crippen LogP contribution in [0.3, 0.4) is 0 Å². The SMILES string of the molecule is CC(C)(C)C(O)CCc1cccc(OC(F)(F)F)c1. The minimum Gasteiger partial charge on any atom is -0.406 e. The van der Waals surface area contributed by atoms with Gasteiger partial charge in [-0.1, -0.05) is 32.9 Å². The van der Waals surface area contributed by atoms with Gasteiger partial charge in [-0.15, -0.1) is 13.2 Å². The number of hydrogen-bond acceptors (Lipinski definition) is 2. The quantitative estimate of drug-likeness (QED) is 0.903. The zero-order valence-electron chi connectivity index (χ0n) is 11.3. The van der Waals surface area contributed by atoms with Gasteiger partial charge in [-0.2, -0.15) is 0 Å². The number of aliphatic hydroxyl groups excluding tert-OH is 1. The number of ether oxygens (including phenoxy) is 1. The van der Waals surface area contributed by atoms with E-state index in [2.05, 4.69) is 4.74 Å². The maximum absolute atomic E-state index is 12.1. The second-order valence-electron chi connectivity index (χ2n) is 5.62. The summed E-state index contributed by atoms with van der Waals surface area (Å²) in [4.78, 5) is 0. The molecule has 0 radical (unpaired) electrons. The van der Waals surface area contributed by atoms with Crippen LogP contribution in [-0.2, 0) is 6.42 Å². The lowest BCUT2D eigenvalue weighted by Crippen LogP contribution is -2.26. The standard InChI is InChI=1S/C14H19F3O2/c1-13(2,3)12(18)8-7-10-5-4-6-11(9-10)19-14(15,16)17/h4-6,9,12,18H,7-8H2,1-3H3. The van der Waals surface area contributed by atoms with Gasteiger partial charge in [-0.25, -0.2) is 0 Å². The highest BCUT2D eigenvalue weighted by molar-refractivity contribution is 5.28. The van der Waals surface area contributed by atoms with E-state index in [1.165, 1.54) is 18.2 Å². The van der Waals surface area contributed by atoms with Crippen molar-refractivity contribution in [3.8, 4) is 5.75 Å². The van der Waals surface area contributed by atoms with Gasteiger partial charge in [0.15, 0.2) is 0 Å². The second kappa shape index (κ2) is 5.82. The highest BCUT2D eigenvalue weighted by atomic mass is 19.4. The third-order valence-electron chi connectivity index (χ3n) is 2.84. The molecule has 0 aliphatic carbocycles. The zero-order chi connectivity index (χ0) is 14.7. The first-order valence-corrected chi connectivity index (χ1v) is 6.11. The molecular weight excluding hydrogens is 257 g/mol. The van der Waals surface area contributed by atoms with Crippen molar-refractivity contribution >= 4 is 0 Å². The summed E-state index contributed by atoms with van der Waals surface area (Å²) in [5.41, 5.74) is 0.477. The summed E-state index contributed by atoms with van der Waals surface area (Å²) >= 11 is 0. The van der Waals surface area contributed by atoms with Gasteiger partial charge in [0.05, 0.1) is 6.10 Å². The number of rotatable bonds is 4. The molecule has 0 fully saturated rings. The van der Waals surface area contributed by atoms with E-state index in [4.69, 9.17) is 0 Å². The summed E-state index contributed by atoms with van der Waals surface area (Å²) in [6.45, 7) is 5.75. The average molecular weight is 276 g/mol. The Labute approximate surface area is 111 Å². The van der Waals surface area contributed by atoms with Crippen LogP contribution in [-0.4, -0.2) is 17.6 Å². The van der Waals surface area contributed by atoms with Crippen LogP contribution in [0.15, 0.2) is 24.3 Å². The van der Waals surface area contributed by atoms with Crippen molar-refractivity contribution in [1.82, 2.24) is 0 Å². The number of halogens is 3. The van der Waals surface area contributed by atoms with E-state index in [0.29, 0.717) is 18.4 Å². The van der Waals surface area contributed by atoms with Crippen molar-refractivity contribution in [3.63, 3.8) is 0 Å². The first-order valence-electron chi connectivity index (χ1n) is 6.11. The molecule has 0 saturated carbocycles. The summed E-state index contributed by atoms with van der Waals surface area (Å²) in [7, 11) is 0. The average Bonchev–Trinajstić information content (AvgIpc) is 2.22. The largest absolute Gasteiger partial charge is 0.573 e. The maximum atomic E-state index is 12.1. The Bertz CT molecular complexity index is 408. The minimum absolute atomic E-state index is 0.227. The topological polar surface area (TPSA) is 29.5 Å². The van der Waals surface area contributed by atoms with Crippen LogP contribution in [0.5, 0.6) is 5.75 Å². The fourth-order valence-corrected chi connectivity index (χ4v) is 1.63. The first kappa shape index (κ1) is 15.8. The number of aliphatic hydroxyl groups is 1. The monoisotopic (exact) mass is 276 g/mol. The Hall–Kier alpha value is -1.23. The number of aryl methyl sites for hydroxylation is 1. The molecule has 108 valence electrons. The van der Waals surface area contributed by atoms with Crippen molar-refractivity contribution in [2.24, 2.45) is 5.41 Å². The summed E-state index contributed by atoms with van der Waals surface area (Å²) in [6.07, 6.45) is -4.17. The molecule has 1 aromatic carbocycles. The normalized spacial score (nSPS) is 14.3. The summed E-state index contributed by atoms with van der Waals surface area (Å²) in [6, 6.07) is 5.85. The molecule has 2 nitrogen and oxygen atoms in total. The highest BCUT2D eigenvalue weighted by Crippen LogP contribution is 2.26. The molecule has 0 saturated heterocycles. The molecule has 0 spiro atoms. The molecule has 1 unspecified atom stereocenters. The lowest BCUT2D eigenvalue weighted by Gasteiger charge is -2.25. The Kier molecular flexibility index (Phi) is 4.85. The van der Waals surface area contributed by atoms with Gasteiger partial charge in [-0.3, -0.25) is 0 Å². The van der Waals surface area contributed by atoms with E-state index in [-0.39, 0.29) is 11.2 Å². The molecule has 0 aliphatic heterocycles. The zero-order valence-corrected chi connectivity index (χ0v) is 11.3. The predicted octanol–water partition coefficient (Wildman–Crippen LogP) is 3.92. The van der Waals surface area contributed by atoms with Gasteiger partial charge in [0.25, 0.3) is 0 Å². The third kappa shape index (κ3) is 5.96. The molecule has 0 amide bonds. The van der Waals surface area contributed by atoms with Crippen molar-refractivity contribution in [2.45, 2.75) is 46.1 Å². The van der Waals surface area contributed by atoms with Gasteiger partial charge in [-0.05, 0) is 36.0 Å². The van der Waals surface area contributed by atoms with Crippen LogP contribution >= 0.6 is 0 Å². The Balaban J connectivity index is 2.63. The Morgan fingerprint density at radius 1 is 1.21 bits per heavy atom. The molecule has 19 heavy (non-hydrogen) atoms. The van der Waals surface area contributed by atoms with E-state index < -0.39 is 12.5 Å². The lowest BCUT2D eigenvalue weighted by atomic mass is 9.86. The van der Waals surface area contributed by atoms with E-state index in [9.17, 15) is 18.3 Å². The van der Waals surface area contributed by atoms with Crippen molar-refractivity contribution in [1.29, 1.82) is 0 Å². The first-order chi connectivity index (χ1) is 8.58. The summed E-state index contributed by atoms with van der Waals surface area (Å²) < 4.78 is 40.1. The lowest BCUT2D eigenvalue weighted by molar-refractivity contribution is -0.274. The van der Waals surface area contributed by atoms with Crippen molar-refractivity contribution in [3.05, 3.63) is 29.8 Å². The van der Waals surface area contributed by atoms with Crippen LogP contribution in [0, 0.1) is 5.41 Å². The molecule has 1 rings (SSSR count). The molecule has 0 bridgehead atoms. The fourth-order valence-electron chi connectivity index (χ4n) is 1.63. The Morgan fingerprint density at radius 3 is 2.37 bits per heavy atom. The molecule has 0 aromatic heterocycles. The van der Waals surface area contributed by atoms with Crippen LogP contribution < -0.4 is 4.74 Å². The highest BCUT2D eigenvalue weighted by Gasteiger charge is 2.31. The van der Waals surface area contributed by atoms with Gasteiger partial charge in [0.1, 0.15) is 5.75 Å². The fraction of sp³-hybridized carbons (Fsp3) is 0.571. The summed E-state index contributed by atoms with van der Waals surface area (Å²) in [5.74, 6) is -0.227. The number of benzene rings is 1. The molecule has 0 heterocycles. The van der Waals surface area contributed by atoms with Crippen molar-refractivity contribution < 1.29 is 23.0 Å². The molecule has 0 aliphatic rings. The van der Waals surface area contributed by atoms with Gasteiger partial charge < -0.3 is 9.84 Å². The molecule has 5 heteroatoms. The molecular formula is C14H19F3O2.